The molecule has 0 N–H and O–H groups in total. The first-order valence-corrected chi connectivity index (χ1v) is 9.22. The van der Waals surface area contributed by atoms with E-state index in [0.717, 1.165) is 18.7 Å². The van der Waals surface area contributed by atoms with Crippen molar-refractivity contribution in [3.8, 4) is 11.5 Å². The smallest absolute Gasteiger partial charge is 0.257 e. The molecule has 0 unspecified atom stereocenters. The Morgan fingerprint density at radius 3 is 2.56 bits per heavy atom. The summed E-state index contributed by atoms with van der Waals surface area (Å²) in [7, 11) is 0. The lowest BCUT2D eigenvalue weighted by atomic mass is 10.2. The molecular formula is C20H19ClN4O2. The number of benzene rings is 2. The molecule has 2 aromatic carbocycles. The van der Waals surface area contributed by atoms with E-state index in [9.17, 15) is 4.79 Å². The Morgan fingerprint density at radius 2 is 1.81 bits per heavy atom. The second-order valence-corrected chi connectivity index (χ2v) is 6.90. The summed E-state index contributed by atoms with van der Waals surface area (Å²) in [6.45, 7) is 3.46. The highest BCUT2D eigenvalue weighted by Gasteiger charge is 2.23. The number of hydrogen-bond acceptors (Lipinski definition) is 5. The van der Waals surface area contributed by atoms with Gasteiger partial charge in [-0.3, -0.25) is 9.69 Å². The molecule has 1 aliphatic rings. The molecule has 0 aliphatic carbocycles. The molecule has 0 atom stereocenters. The molecule has 6 nitrogen and oxygen atoms in total. The predicted molar refractivity (Wildman–Crippen MR) is 102 cm³/mol. The molecule has 138 valence electrons. The van der Waals surface area contributed by atoms with Gasteiger partial charge in [-0.15, -0.1) is 0 Å². The molecule has 1 fully saturated rings. The van der Waals surface area contributed by atoms with Crippen molar-refractivity contribution in [2.45, 2.75) is 6.54 Å². The summed E-state index contributed by atoms with van der Waals surface area (Å²) in [4.78, 5) is 21.1. The van der Waals surface area contributed by atoms with E-state index in [-0.39, 0.29) is 5.91 Å². The van der Waals surface area contributed by atoms with E-state index in [0.29, 0.717) is 41.9 Å². The number of aromatic nitrogens is 2. The molecule has 0 spiro atoms. The van der Waals surface area contributed by atoms with E-state index < -0.39 is 0 Å². The zero-order chi connectivity index (χ0) is 18.6. The number of amides is 1. The molecule has 4 rings (SSSR count). The zero-order valence-electron chi connectivity index (χ0n) is 14.7. The van der Waals surface area contributed by atoms with Gasteiger partial charge < -0.3 is 9.42 Å². The molecule has 3 aromatic rings. The first kappa shape index (κ1) is 17.7. The van der Waals surface area contributed by atoms with Crippen molar-refractivity contribution in [2.24, 2.45) is 0 Å². The maximum atomic E-state index is 12.6. The summed E-state index contributed by atoms with van der Waals surface area (Å²) in [5.41, 5.74) is 1.54. The lowest BCUT2D eigenvalue weighted by molar-refractivity contribution is 0.0624. The zero-order valence-corrected chi connectivity index (χ0v) is 15.5. The Bertz CT molecular complexity index is 920. The number of carbonyl (C=O) groups excluding carboxylic acids is 1. The van der Waals surface area contributed by atoms with Gasteiger partial charge in [-0.25, -0.2) is 0 Å². The van der Waals surface area contributed by atoms with Gasteiger partial charge in [-0.2, -0.15) is 4.98 Å². The maximum Gasteiger partial charge on any atom is 0.257 e. The van der Waals surface area contributed by atoms with Crippen LogP contribution in [0.5, 0.6) is 0 Å². The number of halogens is 1. The minimum absolute atomic E-state index is 0.0167. The molecule has 0 radical (unpaired) electrons. The van der Waals surface area contributed by atoms with Crippen LogP contribution in [0.25, 0.3) is 11.5 Å². The van der Waals surface area contributed by atoms with Gasteiger partial charge in [-0.05, 0) is 30.3 Å². The molecule has 0 saturated carbocycles. The minimum Gasteiger partial charge on any atom is -0.336 e. The average molecular weight is 383 g/mol. The summed E-state index contributed by atoms with van der Waals surface area (Å²) in [5.74, 6) is 1.20. The SMILES string of the molecule is O=C(c1cccc(Cl)c1)N1CCN(Cc2noc(-c3ccccc3)n2)CC1. The molecule has 1 saturated heterocycles. The summed E-state index contributed by atoms with van der Waals surface area (Å²) < 4.78 is 5.36. The van der Waals surface area contributed by atoms with Gasteiger partial charge in [0.05, 0.1) is 6.54 Å². The third-order valence-electron chi connectivity index (χ3n) is 4.58. The highest BCUT2D eigenvalue weighted by Crippen LogP contribution is 2.18. The number of rotatable bonds is 4. The van der Waals surface area contributed by atoms with Gasteiger partial charge in [-0.1, -0.05) is 41.0 Å². The quantitative estimate of drug-likeness (QED) is 0.692. The monoisotopic (exact) mass is 382 g/mol. The van der Waals surface area contributed by atoms with E-state index in [1.165, 1.54) is 0 Å². The van der Waals surface area contributed by atoms with Crippen LogP contribution in [-0.4, -0.2) is 52.0 Å². The van der Waals surface area contributed by atoms with Gasteiger partial charge in [0.2, 0.25) is 0 Å². The second kappa shape index (κ2) is 7.90. The van der Waals surface area contributed by atoms with Gasteiger partial charge in [0, 0.05) is 42.3 Å². The molecule has 0 bridgehead atoms. The van der Waals surface area contributed by atoms with Gasteiger partial charge in [0.25, 0.3) is 11.8 Å². The number of piperazine rings is 1. The van der Waals surface area contributed by atoms with Crippen LogP contribution in [0, 0.1) is 0 Å². The van der Waals surface area contributed by atoms with Crippen molar-refractivity contribution >= 4 is 17.5 Å². The Morgan fingerprint density at radius 1 is 1.04 bits per heavy atom. The highest BCUT2D eigenvalue weighted by molar-refractivity contribution is 6.30. The minimum atomic E-state index is 0.0167. The van der Waals surface area contributed by atoms with Gasteiger partial charge in [0.1, 0.15) is 0 Å². The molecule has 27 heavy (non-hydrogen) atoms. The average Bonchev–Trinajstić information content (AvgIpc) is 3.17. The summed E-state index contributed by atoms with van der Waals surface area (Å²) >= 11 is 5.99. The van der Waals surface area contributed by atoms with Crippen molar-refractivity contribution in [1.29, 1.82) is 0 Å². The van der Waals surface area contributed by atoms with Crippen LogP contribution in [0.4, 0.5) is 0 Å². The van der Waals surface area contributed by atoms with Crippen LogP contribution < -0.4 is 0 Å². The van der Waals surface area contributed by atoms with Crippen LogP contribution in [0.1, 0.15) is 16.2 Å². The van der Waals surface area contributed by atoms with Crippen molar-refractivity contribution in [3.05, 3.63) is 71.0 Å². The van der Waals surface area contributed by atoms with Crippen molar-refractivity contribution in [3.63, 3.8) is 0 Å². The van der Waals surface area contributed by atoms with Crippen LogP contribution >= 0.6 is 11.6 Å². The fourth-order valence-corrected chi connectivity index (χ4v) is 3.32. The van der Waals surface area contributed by atoms with E-state index >= 15 is 0 Å². The topological polar surface area (TPSA) is 62.5 Å². The number of carbonyl (C=O) groups is 1. The largest absolute Gasteiger partial charge is 0.336 e. The van der Waals surface area contributed by atoms with Gasteiger partial charge >= 0.3 is 0 Å². The Kier molecular flexibility index (Phi) is 5.18. The van der Waals surface area contributed by atoms with Crippen molar-refractivity contribution < 1.29 is 9.32 Å². The van der Waals surface area contributed by atoms with Gasteiger partial charge in [0.15, 0.2) is 5.82 Å². The van der Waals surface area contributed by atoms with Crippen LogP contribution in [0.2, 0.25) is 5.02 Å². The Labute approximate surface area is 162 Å². The Balaban J connectivity index is 1.33. The predicted octanol–water partition coefficient (Wildman–Crippen LogP) is 3.35. The molecular weight excluding hydrogens is 364 g/mol. The first-order chi connectivity index (χ1) is 13.2. The lowest BCUT2D eigenvalue weighted by Gasteiger charge is -2.34. The molecule has 1 aliphatic heterocycles. The first-order valence-electron chi connectivity index (χ1n) is 8.84. The van der Waals surface area contributed by atoms with E-state index in [1.807, 2.05) is 35.2 Å². The number of hydrogen-bond donors (Lipinski definition) is 0. The normalized spacial score (nSPS) is 15.1. The second-order valence-electron chi connectivity index (χ2n) is 6.46. The summed E-state index contributed by atoms with van der Waals surface area (Å²) in [6, 6.07) is 16.8. The van der Waals surface area contributed by atoms with E-state index in [2.05, 4.69) is 15.0 Å². The molecule has 7 heteroatoms. The van der Waals surface area contributed by atoms with Crippen molar-refractivity contribution in [1.82, 2.24) is 19.9 Å². The fourth-order valence-electron chi connectivity index (χ4n) is 3.13. The van der Waals surface area contributed by atoms with Crippen molar-refractivity contribution in [2.75, 3.05) is 26.2 Å². The fraction of sp³-hybridized carbons (Fsp3) is 0.250. The maximum absolute atomic E-state index is 12.6. The molecule has 1 amide bonds. The third-order valence-corrected chi connectivity index (χ3v) is 4.82. The van der Waals surface area contributed by atoms with Crippen LogP contribution in [0.3, 0.4) is 0 Å². The lowest BCUT2D eigenvalue weighted by Crippen LogP contribution is -2.48. The summed E-state index contributed by atoms with van der Waals surface area (Å²) in [6.07, 6.45) is 0. The standard InChI is InChI=1S/C20H19ClN4O2/c21-17-8-4-7-16(13-17)20(26)25-11-9-24(10-12-25)14-18-22-19(27-23-18)15-5-2-1-3-6-15/h1-8,13H,9-12,14H2. The Hall–Kier alpha value is -2.70. The van der Waals surface area contributed by atoms with E-state index in [1.54, 1.807) is 24.3 Å². The highest BCUT2D eigenvalue weighted by atomic mass is 35.5. The molecule has 2 heterocycles. The molecule has 1 aromatic heterocycles. The summed E-state index contributed by atoms with van der Waals surface area (Å²) in [5, 5.41) is 4.65. The van der Waals surface area contributed by atoms with E-state index in [4.69, 9.17) is 16.1 Å². The van der Waals surface area contributed by atoms with Crippen LogP contribution in [0.15, 0.2) is 59.1 Å². The number of nitrogens with zero attached hydrogens (tertiary/aromatic N) is 4. The van der Waals surface area contributed by atoms with Crippen LogP contribution in [-0.2, 0) is 6.54 Å². The third kappa shape index (κ3) is 4.18.